The molecule has 0 spiro atoms. The fourth-order valence-electron chi connectivity index (χ4n) is 1.34. The van der Waals surface area contributed by atoms with E-state index < -0.39 is 53.8 Å². The molecule has 202 valence electrons. The Hall–Kier alpha value is -1.48. The molecule has 0 unspecified atom stereocenters. The molecule has 0 aromatic rings. The largest absolute Gasteiger partial charge is 0.460 e. The third kappa shape index (κ3) is 4.85. The molecule has 0 atom stereocenters. The lowest BCUT2D eigenvalue weighted by atomic mass is 9.89. The van der Waals surface area contributed by atoms with E-state index in [-0.39, 0.29) is 13.2 Å². The van der Waals surface area contributed by atoms with Crippen molar-refractivity contribution < 1.29 is 98.0 Å². The average Bonchev–Trinajstić information content (AvgIpc) is 2.58. The van der Waals surface area contributed by atoms with Crippen LogP contribution in [-0.4, -0.2) is 77.2 Å². The Morgan fingerprint density at radius 1 is 0.273 bits per heavy atom. The van der Waals surface area contributed by atoms with Crippen molar-refractivity contribution in [1.82, 2.24) is 0 Å². The van der Waals surface area contributed by atoms with Crippen LogP contribution in [0.25, 0.3) is 0 Å². The maximum Gasteiger partial charge on any atom is 0.460 e. The molecular weight excluding hydrogens is 544 g/mol. The van der Waals surface area contributed by atoms with E-state index in [1.807, 2.05) is 0 Å². The highest BCUT2D eigenvalue weighted by Gasteiger charge is 2.97. The predicted octanol–water partition coefficient (Wildman–Crippen LogP) is 5.53. The molecule has 0 radical (unpaired) electrons. The minimum Gasteiger partial charge on any atom is -0.394 e. The van der Waals surface area contributed by atoms with Gasteiger partial charge in [0.1, 0.15) is 0 Å². The monoisotopic (exact) mass is 550 g/mol. The van der Waals surface area contributed by atoms with Crippen LogP contribution in [0, 0.1) is 0 Å². The first-order valence-corrected chi connectivity index (χ1v) is 6.91. The summed E-state index contributed by atoms with van der Waals surface area (Å²) in [4.78, 5) is 0. The molecule has 0 amide bonds. The standard InChI is InChI=1S/C9F20.C2H6O2/c10-1(11,2(12,13)4(16,17)6(20,21)8(24,25)26)3(14,15)5(18,19)7(22,23)9(27,28)29;3-1-2-4/h;3-4H,1-2H2. The summed E-state index contributed by atoms with van der Waals surface area (Å²) < 4.78 is 248. The molecule has 22 heteroatoms. The number of halogens is 20. The van der Waals surface area contributed by atoms with E-state index in [0.29, 0.717) is 0 Å². The zero-order valence-corrected chi connectivity index (χ0v) is 14.4. The first kappa shape index (κ1) is 33.7. The van der Waals surface area contributed by atoms with Gasteiger partial charge in [-0.3, -0.25) is 0 Å². The van der Waals surface area contributed by atoms with Crippen LogP contribution >= 0.6 is 0 Å². The van der Waals surface area contributed by atoms with Gasteiger partial charge in [0, 0.05) is 0 Å². The molecule has 0 saturated heterocycles. The molecule has 0 aromatic heterocycles. The third-order valence-corrected chi connectivity index (χ3v) is 3.18. The molecule has 0 aliphatic rings. The maximum atomic E-state index is 12.9. The second-order valence-corrected chi connectivity index (χ2v) is 5.46. The minimum atomic E-state index is -9.02. The smallest absolute Gasteiger partial charge is 0.394 e. The number of hydrogen-bond acceptors (Lipinski definition) is 2. The van der Waals surface area contributed by atoms with Crippen molar-refractivity contribution in [3.05, 3.63) is 0 Å². The SMILES string of the molecule is FC(F)(F)C(F)(F)C(F)(F)C(F)(F)C(F)(F)C(F)(F)C(F)(F)C(F)(F)C(F)(F)F.OCCO. The van der Waals surface area contributed by atoms with Crippen LogP contribution in [-0.2, 0) is 0 Å². The van der Waals surface area contributed by atoms with Crippen LogP contribution < -0.4 is 0 Å². The Morgan fingerprint density at radius 2 is 0.394 bits per heavy atom. The van der Waals surface area contributed by atoms with Crippen molar-refractivity contribution in [3.8, 4) is 0 Å². The molecule has 0 bridgehead atoms. The van der Waals surface area contributed by atoms with E-state index in [2.05, 4.69) is 0 Å². The Labute approximate surface area is 166 Å². The molecular formula is C11H6F20O2. The predicted molar refractivity (Wildman–Crippen MR) is 60.9 cm³/mol. The molecule has 0 saturated carbocycles. The number of alkyl halides is 20. The van der Waals surface area contributed by atoms with E-state index in [4.69, 9.17) is 10.2 Å². The summed E-state index contributed by atoms with van der Waals surface area (Å²) >= 11 is 0. The number of aliphatic hydroxyl groups excluding tert-OH is 2. The van der Waals surface area contributed by atoms with Crippen molar-refractivity contribution >= 4 is 0 Å². The van der Waals surface area contributed by atoms with Crippen LogP contribution in [0.1, 0.15) is 0 Å². The summed E-state index contributed by atoms with van der Waals surface area (Å²) in [7, 11) is 0. The summed E-state index contributed by atoms with van der Waals surface area (Å²) in [5.74, 6) is -61.1. The zero-order chi connectivity index (χ0) is 27.9. The van der Waals surface area contributed by atoms with Gasteiger partial charge in [0.15, 0.2) is 0 Å². The molecule has 0 aliphatic carbocycles. The highest BCUT2D eigenvalue weighted by Crippen LogP contribution is 2.65. The van der Waals surface area contributed by atoms with E-state index in [1.165, 1.54) is 0 Å². The van der Waals surface area contributed by atoms with Gasteiger partial charge in [-0.2, -0.15) is 87.8 Å². The van der Waals surface area contributed by atoms with Crippen LogP contribution in [0.15, 0.2) is 0 Å². The Morgan fingerprint density at radius 3 is 0.485 bits per heavy atom. The van der Waals surface area contributed by atoms with Crippen molar-refractivity contribution in [3.63, 3.8) is 0 Å². The van der Waals surface area contributed by atoms with Crippen LogP contribution in [0.4, 0.5) is 87.8 Å². The summed E-state index contributed by atoms with van der Waals surface area (Å²) in [6.07, 6.45) is -15.9. The van der Waals surface area contributed by atoms with E-state index >= 15 is 0 Å². The second kappa shape index (κ2) is 8.95. The Kier molecular flexibility index (Phi) is 9.14. The van der Waals surface area contributed by atoms with Gasteiger partial charge in [0.25, 0.3) is 0 Å². The first-order chi connectivity index (χ1) is 13.9. The Bertz CT molecular complexity index is 589. The number of hydrogen-bond donors (Lipinski definition) is 2. The van der Waals surface area contributed by atoms with Crippen molar-refractivity contribution in [2.24, 2.45) is 0 Å². The van der Waals surface area contributed by atoms with Gasteiger partial charge >= 0.3 is 53.8 Å². The van der Waals surface area contributed by atoms with E-state index in [9.17, 15) is 87.8 Å². The summed E-state index contributed by atoms with van der Waals surface area (Å²) in [6, 6.07) is 0. The lowest BCUT2D eigenvalue weighted by Crippen LogP contribution is -2.75. The lowest BCUT2D eigenvalue weighted by molar-refractivity contribution is -0.474. The van der Waals surface area contributed by atoms with Gasteiger partial charge in [-0.25, -0.2) is 0 Å². The lowest BCUT2D eigenvalue weighted by Gasteiger charge is -2.42. The Balaban J connectivity index is 0. The van der Waals surface area contributed by atoms with Gasteiger partial charge in [0.2, 0.25) is 0 Å². The zero-order valence-electron chi connectivity index (χ0n) is 14.4. The highest BCUT2D eigenvalue weighted by molar-refractivity contribution is 5.15. The molecule has 2 N–H and O–H groups in total. The second-order valence-electron chi connectivity index (χ2n) is 5.46. The average molecular weight is 550 g/mol. The van der Waals surface area contributed by atoms with Gasteiger partial charge in [-0.1, -0.05) is 0 Å². The highest BCUT2D eigenvalue weighted by atomic mass is 19.4. The summed E-state index contributed by atoms with van der Waals surface area (Å²) in [6.45, 7) is -0.250. The molecule has 0 aliphatic heterocycles. The third-order valence-electron chi connectivity index (χ3n) is 3.18. The molecule has 0 heterocycles. The molecule has 33 heavy (non-hydrogen) atoms. The number of aliphatic hydroxyl groups is 2. The fraction of sp³-hybridized carbons (Fsp3) is 1.00. The van der Waals surface area contributed by atoms with Crippen LogP contribution in [0.3, 0.4) is 0 Å². The molecule has 0 aromatic carbocycles. The normalized spacial score (nSPS) is 15.8. The first-order valence-electron chi connectivity index (χ1n) is 6.91. The molecule has 0 fully saturated rings. The molecule has 0 rings (SSSR count). The maximum absolute atomic E-state index is 12.9. The number of rotatable bonds is 7. The minimum absolute atomic E-state index is 0.125. The van der Waals surface area contributed by atoms with Crippen molar-refractivity contribution in [2.45, 2.75) is 53.8 Å². The van der Waals surface area contributed by atoms with Gasteiger partial charge in [-0.15, -0.1) is 0 Å². The summed E-state index contributed by atoms with van der Waals surface area (Å²) in [5.41, 5.74) is 0. The van der Waals surface area contributed by atoms with Gasteiger partial charge in [0.05, 0.1) is 13.2 Å². The van der Waals surface area contributed by atoms with E-state index in [0.717, 1.165) is 0 Å². The van der Waals surface area contributed by atoms with Crippen molar-refractivity contribution in [2.75, 3.05) is 13.2 Å². The summed E-state index contributed by atoms with van der Waals surface area (Å²) in [5, 5.41) is 15.2. The van der Waals surface area contributed by atoms with E-state index in [1.54, 1.807) is 0 Å². The fourth-order valence-corrected chi connectivity index (χ4v) is 1.34. The van der Waals surface area contributed by atoms with Crippen LogP contribution in [0.5, 0.6) is 0 Å². The van der Waals surface area contributed by atoms with Crippen molar-refractivity contribution in [1.29, 1.82) is 0 Å². The van der Waals surface area contributed by atoms with Gasteiger partial charge < -0.3 is 10.2 Å². The van der Waals surface area contributed by atoms with Gasteiger partial charge in [-0.05, 0) is 0 Å². The van der Waals surface area contributed by atoms with Crippen LogP contribution in [0.2, 0.25) is 0 Å². The molecule has 2 nitrogen and oxygen atoms in total. The quantitative estimate of drug-likeness (QED) is 0.410. The topological polar surface area (TPSA) is 40.5 Å².